The minimum absolute atomic E-state index is 0.0740. The van der Waals surface area contributed by atoms with Crippen molar-refractivity contribution in [2.24, 2.45) is 0 Å². The number of nitrogens with zero attached hydrogens (tertiary/aromatic N) is 2. The summed E-state index contributed by atoms with van der Waals surface area (Å²) in [5.41, 5.74) is 3.55. The summed E-state index contributed by atoms with van der Waals surface area (Å²) in [7, 11) is 0. The number of hydrogen-bond donors (Lipinski definition) is 0. The SMILES string of the molecule is c1ccc(CN2CCOC(c3nc(-c4ccccc4)cs3)C2)cc1. The number of thiazole rings is 1. The van der Waals surface area contributed by atoms with E-state index in [9.17, 15) is 0 Å². The fraction of sp³-hybridized carbons (Fsp3) is 0.250. The second-order valence-corrected chi connectivity index (χ2v) is 6.91. The van der Waals surface area contributed by atoms with Crippen molar-refractivity contribution in [3.8, 4) is 11.3 Å². The lowest BCUT2D eigenvalue weighted by molar-refractivity contribution is -0.0329. The van der Waals surface area contributed by atoms with E-state index in [1.807, 2.05) is 18.2 Å². The summed E-state index contributed by atoms with van der Waals surface area (Å²) in [4.78, 5) is 7.26. The zero-order valence-electron chi connectivity index (χ0n) is 13.5. The van der Waals surface area contributed by atoms with Crippen LogP contribution in [-0.4, -0.2) is 29.6 Å². The van der Waals surface area contributed by atoms with Crippen molar-refractivity contribution in [1.29, 1.82) is 0 Å². The molecule has 0 N–H and O–H groups in total. The van der Waals surface area contributed by atoms with Crippen molar-refractivity contribution < 1.29 is 4.74 Å². The molecule has 122 valence electrons. The van der Waals surface area contributed by atoms with Crippen LogP contribution in [0.3, 0.4) is 0 Å². The van der Waals surface area contributed by atoms with Crippen LogP contribution in [0.1, 0.15) is 16.7 Å². The first-order valence-electron chi connectivity index (χ1n) is 8.27. The maximum Gasteiger partial charge on any atom is 0.124 e. The van der Waals surface area contributed by atoms with E-state index in [0.717, 1.165) is 42.5 Å². The molecule has 0 saturated carbocycles. The lowest BCUT2D eigenvalue weighted by Gasteiger charge is -2.31. The molecule has 3 aromatic rings. The van der Waals surface area contributed by atoms with Crippen molar-refractivity contribution in [3.05, 3.63) is 76.6 Å². The van der Waals surface area contributed by atoms with Crippen LogP contribution in [0, 0.1) is 0 Å². The molecule has 0 radical (unpaired) electrons. The molecular weight excluding hydrogens is 316 g/mol. The highest BCUT2D eigenvalue weighted by Gasteiger charge is 2.24. The first kappa shape index (κ1) is 15.5. The summed E-state index contributed by atoms with van der Waals surface area (Å²) in [6.07, 6.45) is 0.0740. The van der Waals surface area contributed by atoms with Gasteiger partial charge in [-0.2, -0.15) is 0 Å². The molecule has 3 nitrogen and oxygen atoms in total. The minimum atomic E-state index is 0.0740. The van der Waals surface area contributed by atoms with E-state index in [0.29, 0.717) is 0 Å². The smallest absolute Gasteiger partial charge is 0.124 e. The van der Waals surface area contributed by atoms with E-state index in [4.69, 9.17) is 9.72 Å². The molecule has 1 fully saturated rings. The van der Waals surface area contributed by atoms with Gasteiger partial charge in [-0.1, -0.05) is 60.7 Å². The Balaban J connectivity index is 1.45. The standard InChI is InChI=1S/C20H20N2OS/c1-3-7-16(8-4-1)13-22-11-12-23-19(14-22)20-21-18(15-24-20)17-9-5-2-6-10-17/h1-10,15,19H,11-14H2. The van der Waals surface area contributed by atoms with Crippen LogP contribution < -0.4 is 0 Å². The van der Waals surface area contributed by atoms with E-state index in [-0.39, 0.29) is 6.10 Å². The normalized spacial score (nSPS) is 18.6. The van der Waals surface area contributed by atoms with Gasteiger partial charge in [0.1, 0.15) is 11.1 Å². The molecule has 0 bridgehead atoms. The Bertz CT molecular complexity index is 773. The lowest BCUT2D eigenvalue weighted by atomic mass is 10.2. The summed E-state index contributed by atoms with van der Waals surface area (Å²) < 4.78 is 5.99. The second-order valence-electron chi connectivity index (χ2n) is 6.02. The van der Waals surface area contributed by atoms with Crippen molar-refractivity contribution in [2.75, 3.05) is 19.7 Å². The maximum absolute atomic E-state index is 5.99. The molecule has 1 saturated heterocycles. The van der Waals surface area contributed by atoms with Gasteiger partial charge in [0.2, 0.25) is 0 Å². The molecule has 0 amide bonds. The largest absolute Gasteiger partial charge is 0.368 e. The van der Waals surface area contributed by atoms with E-state index in [2.05, 4.69) is 52.7 Å². The van der Waals surface area contributed by atoms with Crippen molar-refractivity contribution in [3.63, 3.8) is 0 Å². The summed E-state index contributed by atoms with van der Waals surface area (Å²) in [6.45, 7) is 3.61. The summed E-state index contributed by atoms with van der Waals surface area (Å²) in [6, 6.07) is 20.9. The Kier molecular flexibility index (Phi) is 4.69. The van der Waals surface area contributed by atoms with Gasteiger partial charge in [-0.3, -0.25) is 4.90 Å². The molecule has 1 atom stereocenters. The third-order valence-corrected chi connectivity index (χ3v) is 5.20. The fourth-order valence-electron chi connectivity index (χ4n) is 3.01. The number of benzene rings is 2. The minimum Gasteiger partial charge on any atom is -0.368 e. The second kappa shape index (κ2) is 7.26. The number of rotatable bonds is 4. The topological polar surface area (TPSA) is 25.4 Å². The van der Waals surface area contributed by atoms with E-state index >= 15 is 0 Å². The van der Waals surface area contributed by atoms with Gasteiger partial charge >= 0.3 is 0 Å². The molecule has 0 spiro atoms. The van der Waals surface area contributed by atoms with Gasteiger partial charge in [0.25, 0.3) is 0 Å². The first-order chi connectivity index (χ1) is 11.9. The Morgan fingerprint density at radius 1 is 1.04 bits per heavy atom. The lowest BCUT2D eigenvalue weighted by Crippen LogP contribution is -2.37. The molecule has 2 heterocycles. The maximum atomic E-state index is 5.99. The molecular formula is C20H20N2OS. The van der Waals surface area contributed by atoms with Crippen LogP contribution in [0.2, 0.25) is 0 Å². The fourth-order valence-corrected chi connectivity index (χ4v) is 3.88. The monoisotopic (exact) mass is 336 g/mol. The van der Waals surface area contributed by atoms with Gasteiger partial charge < -0.3 is 4.74 Å². The average Bonchev–Trinajstić information content (AvgIpc) is 3.14. The highest BCUT2D eigenvalue weighted by Crippen LogP contribution is 2.29. The van der Waals surface area contributed by atoms with Gasteiger partial charge in [-0.15, -0.1) is 11.3 Å². The van der Waals surface area contributed by atoms with Crippen molar-refractivity contribution in [1.82, 2.24) is 9.88 Å². The predicted octanol–water partition coefficient (Wildman–Crippen LogP) is 4.38. The summed E-state index contributed by atoms with van der Waals surface area (Å²) in [5.74, 6) is 0. The van der Waals surface area contributed by atoms with Crippen molar-refractivity contribution >= 4 is 11.3 Å². The van der Waals surface area contributed by atoms with Crippen LogP contribution in [0.25, 0.3) is 11.3 Å². The van der Waals surface area contributed by atoms with Gasteiger partial charge in [-0.05, 0) is 5.56 Å². The number of hydrogen-bond acceptors (Lipinski definition) is 4. The molecule has 0 aliphatic carbocycles. The molecule has 1 aliphatic heterocycles. The molecule has 1 unspecified atom stereocenters. The van der Waals surface area contributed by atoms with Gasteiger partial charge in [-0.25, -0.2) is 4.98 Å². The molecule has 1 aromatic heterocycles. The molecule has 4 rings (SSSR count). The Labute approximate surface area is 146 Å². The molecule has 2 aromatic carbocycles. The highest BCUT2D eigenvalue weighted by molar-refractivity contribution is 7.10. The third-order valence-electron chi connectivity index (χ3n) is 4.27. The number of morpholine rings is 1. The number of ether oxygens (including phenoxy) is 1. The third kappa shape index (κ3) is 3.56. The van der Waals surface area contributed by atoms with Gasteiger partial charge in [0.05, 0.1) is 12.3 Å². The van der Waals surface area contributed by atoms with Crippen LogP contribution in [0.15, 0.2) is 66.0 Å². The quantitative estimate of drug-likeness (QED) is 0.707. The van der Waals surface area contributed by atoms with Crippen LogP contribution >= 0.6 is 11.3 Å². The summed E-state index contributed by atoms with van der Waals surface area (Å²) >= 11 is 1.70. The van der Waals surface area contributed by atoms with Crippen LogP contribution in [0.4, 0.5) is 0 Å². The van der Waals surface area contributed by atoms with Crippen LogP contribution in [-0.2, 0) is 11.3 Å². The van der Waals surface area contributed by atoms with Crippen molar-refractivity contribution in [2.45, 2.75) is 12.6 Å². The Hall–Kier alpha value is -2.01. The Morgan fingerprint density at radius 2 is 1.79 bits per heavy atom. The molecule has 1 aliphatic rings. The van der Waals surface area contributed by atoms with Gasteiger partial charge in [0.15, 0.2) is 0 Å². The zero-order valence-corrected chi connectivity index (χ0v) is 14.3. The van der Waals surface area contributed by atoms with E-state index in [1.54, 1.807) is 11.3 Å². The number of aromatic nitrogens is 1. The van der Waals surface area contributed by atoms with E-state index in [1.165, 1.54) is 5.56 Å². The molecule has 4 heteroatoms. The molecule has 24 heavy (non-hydrogen) atoms. The van der Waals surface area contributed by atoms with Crippen LogP contribution in [0.5, 0.6) is 0 Å². The van der Waals surface area contributed by atoms with Gasteiger partial charge in [0, 0.05) is 30.6 Å². The highest BCUT2D eigenvalue weighted by atomic mass is 32.1. The zero-order chi connectivity index (χ0) is 16.2. The predicted molar refractivity (Wildman–Crippen MR) is 98.0 cm³/mol. The average molecular weight is 336 g/mol. The summed E-state index contributed by atoms with van der Waals surface area (Å²) in [5, 5.41) is 3.20. The Morgan fingerprint density at radius 3 is 2.58 bits per heavy atom. The first-order valence-corrected chi connectivity index (χ1v) is 9.15. The van der Waals surface area contributed by atoms with E-state index < -0.39 is 0 Å².